The van der Waals surface area contributed by atoms with Crippen molar-refractivity contribution in [1.29, 1.82) is 0 Å². The van der Waals surface area contributed by atoms with Crippen LogP contribution in [0.15, 0.2) is 60.1 Å². The van der Waals surface area contributed by atoms with Gasteiger partial charge in [-0.1, -0.05) is 18.2 Å². The molecule has 0 bridgehead atoms. The van der Waals surface area contributed by atoms with Gasteiger partial charge in [0, 0.05) is 44.1 Å². The van der Waals surface area contributed by atoms with Gasteiger partial charge in [-0.2, -0.15) is 0 Å². The topological polar surface area (TPSA) is 100 Å². The average molecular weight is 632 g/mol. The van der Waals surface area contributed by atoms with E-state index < -0.39 is 11.7 Å². The predicted molar refractivity (Wildman–Crippen MR) is 173 cm³/mol. The number of rotatable bonds is 9. The van der Waals surface area contributed by atoms with E-state index in [1.54, 1.807) is 29.5 Å². The zero-order chi connectivity index (χ0) is 31.3. The third kappa shape index (κ3) is 7.61. The second kappa shape index (κ2) is 13.9. The number of thiazole rings is 1. The highest BCUT2D eigenvalue weighted by Crippen LogP contribution is 2.33. The number of aromatic hydroxyl groups is 1. The number of amides is 1. The number of phenols is 1. The Morgan fingerprint density at radius 3 is 2.71 bits per heavy atom. The number of anilines is 1. The monoisotopic (exact) mass is 631 g/mol. The zero-order valence-corrected chi connectivity index (χ0v) is 26.4. The predicted octanol–water partition coefficient (Wildman–Crippen LogP) is 6.16. The third-order valence-electron chi connectivity index (χ3n) is 8.56. The summed E-state index contributed by atoms with van der Waals surface area (Å²) in [5.74, 6) is 0.675. The molecule has 11 heteroatoms. The maximum atomic E-state index is 14.3. The Morgan fingerprint density at radius 2 is 1.96 bits per heavy atom. The smallest absolute Gasteiger partial charge is 0.257 e. The molecule has 3 heterocycles. The number of halogens is 1. The molecule has 4 aromatic rings. The lowest BCUT2D eigenvalue weighted by Crippen LogP contribution is -2.43. The van der Waals surface area contributed by atoms with E-state index in [4.69, 9.17) is 9.47 Å². The van der Waals surface area contributed by atoms with Crippen molar-refractivity contribution in [2.45, 2.75) is 51.2 Å². The van der Waals surface area contributed by atoms with Crippen LogP contribution in [0.2, 0.25) is 0 Å². The average Bonchev–Trinajstić information content (AvgIpc) is 3.49. The van der Waals surface area contributed by atoms with E-state index in [1.807, 2.05) is 31.2 Å². The summed E-state index contributed by atoms with van der Waals surface area (Å²) in [6.45, 7) is 5.69. The van der Waals surface area contributed by atoms with E-state index in [2.05, 4.69) is 37.5 Å². The van der Waals surface area contributed by atoms with Crippen LogP contribution in [0.25, 0.3) is 11.1 Å². The molecule has 6 rings (SSSR count). The first-order valence-electron chi connectivity index (χ1n) is 15.3. The highest BCUT2D eigenvalue weighted by molar-refractivity contribution is 7.09. The molecule has 9 nitrogen and oxygen atoms in total. The molecular weight excluding hydrogens is 593 g/mol. The summed E-state index contributed by atoms with van der Waals surface area (Å²) in [5.41, 5.74) is 2.88. The van der Waals surface area contributed by atoms with Gasteiger partial charge in [-0.3, -0.25) is 9.69 Å². The van der Waals surface area contributed by atoms with Gasteiger partial charge in [0.1, 0.15) is 28.7 Å². The molecular formula is C34H38FN5O4S. The minimum Gasteiger partial charge on any atom is -0.508 e. The number of benzene rings is 2. The number of nitrogens with one attached hydrogen (secondary N) is 1. The molecule has 2 fully saturated rings. The summed E-state index contributed by atoms with van der Waals surface area (Å²) in [6, 6.07) is 14.3. The number of morpholine rings is 1. The fourth-order valence-corrected chi connectivity index (χ4v) is 6.72. The van der Waals surface area contributed by atoms with E-state index in [0.717, 1.165) is 72.5 Å². The second-order valence-corrected chi connectivity index (χ2v) is 12.7. The van der Waals surface area contributed by atoms with Crippen LogP contribution in [0.3, 0.4) is 0 Å². The van der Waals surface area contributed by atoms with Gasteiger partial charge in [-0.05, 0) is 79.6 Å². The maximum Gasteiger partial charge on any atom is 0.257 e. The van der Waals surface area contributed by atoms with Crippen molar-refractivity contribution in [3.05, 3.63) is 82.1 Å². The van der Waals surface area contributed by atoms with Crippen molar-refractivity contribution in [1.82, 2.24) is 20.2 Å². The largest absolute Gasteiger partial charge is 0.508 e. The molecule has 0 spiro atoms. The molecule has 0 unspecified atom stereocenters. The normalized spacial score (nSPS) is 18.8. The van der Waals surface area contributed by atoms with Gasteiger partial charge in [-0.15, -0.1) is 11.3 Å². The van der Waals surface area contributed by atoms with Crippen LogP contribution in [0.4, 0.5) is 10.2 Å². The summed E-state index contributed by atoms with van der Waals surface area (Å²) in [5, 5.41) is 16.4. The number of aryl methyl sites for hydroxylation is 1. The Kier molecular flexibility index (Phi) is 9.58. The molecule has 1 aliphatic carbocycles. The first-order chi connectivity index (χ1) is 21.8. The molecule has 1 amide bonds. The highest BCUT2D eigenvalue weighted by atomic mass is 32.1. The Labute approximate surface area is 266 Å². The quantitative estimate of drug-likeness (QED) is 0.227. The van der Waals surface area contributed by atoms with Gasteiger partial charge >= 0.3 is 0 Å². The minimum absolute atomic E-state index is 0.0295. The molecule has 1 aliphatic heterocycles. The van der Waals surface area contributed by atoms with Crippen LogP contribution in [-0.2, 0) is 11.3 Å². The summed E-state index contributed by atoms with van der Waals surface area (Å²) in [7, 11) is 2.07. The molecule has 2 aliphatic rings. The van der Waals surface area contributed by atoms with Crippen molar-refractivity contribution < 1.29 is 23.8 Å². The third-order valence-corrected chi connectivity index (χ3v) is 9.32. The number of hydrogen-bond acceptors (Lipinski definition) is 9. The molecule has 2 N–H and O–H groups in total. The van der Waals surface area contributed by atoms with Crippen molar-refractivity contribution >= 4 is 23.1 Å². The van der Waals surface area contributed by atoms with Crippen molar-refractivity contribution in [2.24, 2.45) is 0 Å². The van der Waals surface area contributed by atoms with Crippen molar-refractivity contribution in [2.75, 3.05) is 38.3 Å². The Morgan fingerprint density at radius 1 is 1.16 bits per heavy atom. The molecule has 2 aromatic heterocycles. The Balaban J connectivity index is 1.14. The second-order valence-electron chi connectivity index (χ2n) is 11.7. The van der Waals surface area contributed by atoms with Crippen LogP contribution in [-0.4, -0.2) is 71.3 Å². The fraction of sp³-hybridized carbons (Fsp3) is 0.382. The first-order valence-corrected chi connectivity index (χ1v) is 16.2. The number of carbonyl (C=O) groups excluding carboxylic acids is 1. The molecule has 1 saturated heterocycles. The summed E-state index contributed by atoms with van der Waals surface area (Å²) < 4.78 is 25.9. The number of carbonyl (C=O) groups is 1. The number of ether oxygens (including phenoxy) is 2. The summed E-state index contributed by atoms with van der Waals surface area (Å²) in [4.78, 5) is 26.7. The zero-order valence-electron chi connectivity index (χ0n) is 25.5. The van der Waals surface area contributed by atoms with E-state index in [0.29, 0.717) is 31.5 Å². The number of phenolic OH excluding ortho intramolecular Hbond substituents is 1. The molecule has 0 atom stereocenters. The van der Waals surface area contributed by atoms with Crippen LogP contribution in [0.1, 0.15) is 46.6 Å². The van der Waals surface area contributed by atoms with Crippen molar-refractivity contribution in [3.63, 3.8) is 0 Å². The standard InChI is InChI=1S/C34H38FN5O4S/c1-22-37-32(21-45-22)39(2)27-8-6-26(7-9-27)38-33(42)31-18-25(35)19-36-34(31)44-29-5-3-4-23(17-29)30-11-10-28(41)16-24(30)20-40-12-14-43-15-13-40/h3-5,10-11,16-19,21,26-27,41H,6-9,12-15,20H2,1-2H3,(H,38,42). The number of pyridine rings is 1. The fourth-order valence-electron chi connectivity index (χ4n) is 6.07. The van der Waals surface area contributed by atoms with Gasteiger partial charge in [-0.25, -0.2) is 14.4 Å². The van der Waals surface area contributed by atoms with Gasteiger partial charge in [0.25, 0.3) is 5.91 Å². The lowest BCUT2D eigenvalue weighted by Gasteiger charge is -2.35. The molecule has 0 radical (unpaired) electrons. The Bertz CT molecular complexity index is 1630. The summed E-state index contributed by atoms with van der Waals surface area (Å²) in [6.07, 6.45) is 4.51. The van der Waals surface area contributed by atoms with Crippen molar-refractivity contribution in [3.8, 4) is 28.5 Å². The van der Waals surface area contributed by atoms with Crippen LogP contribution in [0.5, 0.6) is 17.4 Å². The molecule has 45 heavy (non-hydrogen) atoms. The maximum absolute atomic E-state index is 14.3. The lowest BCUT2D eigenvalue weighted by molar-refractivity contribution is 0.0342. The number of nitrogens with zero attached hydrogens (tertiary/aromatic N) is 4. The SMILES string of the molecule is Cc1nc(N(C)C2CCC(NC(=O)c3cc(F)cnc3Oc3cccc(-c4ccc(O)cc4CN4CCOCC4)c3)CC2)cs1. The van der Waals surface area contributed by atoms with E-state index in [-0.39, 0.29) is 23.2 Å². The highest BCUT2D eigenvalue weighted by Gasteiger charge is 2.27. The van der Waals surface area contributed by atoms with Gasteiger partial charge in [0.05, 0.1) is 24.4 Å². The molecule has 2 aromatic carbocycles. The first kappa shape index (κ1) is 30.9. The number of aromatic nitrogens is 2. The number of hydrogen-bond donors (Lipinski definition) is 2. The van der Waals surface area contributed by atoms with Gasteiger partial charge < -0.3 is 24.8 Å². The molecule has 1 saturated carbocycles. The lowest BCUT2D eigenvalue weighted by atomic mass is 9.90. The van der Waals surface area contributed by atoms with E-state index in [9.17, 15) is 14.3 Å². The van der Waals surface area contributed by atoms with Gasteiger partial charge in [0.15, 0.2) is 0 Å². The van der Waals surface area contributed by atoms with Crippen LogP contribution >= 0.6 is 11.3 Å². The van der Waals surface area contributed by atoms with E-state index in [1.165, 1.54) is 6.07 Å². The van der Waals surface area contributed by atoms with Crippen LogP contribution in [0, 0.1) is 12.7 Å². The summed E-state index contributed by atoms with van der Waals surface area (Å²) >= 11 is 1.64. The Hall–Kier alpha value is -4.06. The van der Waals surface area contributed by atoms with Gasteiger partial charge in [0.2, 0.25) is 5.88 Å². The minimum atomic E-state index is -0.609. The van der Waals surface area contributed by atoms with E-state index >= 15 is 0 Å². The molecule has 236 valence electrons. The van der Waals surface area contributed by atoms with Crippen LogP contribution < -0.4 is 15.0 Å².